The highest BCUT2D eigenvalue weighted by Gasteiger charge is 2.16. The highest BCUT2D eigenvalue weighted by atomic mass is 16.1. The third-order valence-corrected chi connectivity index (χ3v) is 2.46. The molecule has 1 aromatic rings. The van der Waals surface area contributed by atoms with E-state index in [1.165, 1.54) is 5.69 Å². The summed E-state index contributed by atoms with van der Waals surface area (Å²) in [6.45, 7) is 5.29. The number of fused-ring (bicyclic) bond motifs is 1. The molecular weight excluding hydrogens is 178 g/mol. The Balaban J connectivity index is 2.25. The van der Waals surface area contributed by atoms with E-state index in [2.05, 4.69) is 15.2 Å². The van der Waals surface area contributed by atoms with Crippen LogP contribution in [-0.2, 0) is 13.1 Å². The van der Waals surface area contributed by atoms with Gasteiger partial charge in [-0.1, -0.05) is 0 Å². The number of carbonyl (C=O) groups excluding carboxylic acids is 1. The molecule has 0 unspecified atom stereocenters. The summed E-state index contributed by atoms with van der Waals surface area (Å²) in [5.41, 5.74) is 1.97. The Bertz CT molecular complexity index is 343. The van der Waals surface area contributed by atoms with Crippen molar-refractivity contribution in [2.24, 2.45) is 0 Å². The normalized spacial score (nSPS) is 14.9. The monoisotopic (exact) mass is 193 g/mol. The molecule has 0 atom stereocenters. The number of amides is 1. The van der Waals surface area contributed by atoms with Crippen LogP contribution in [0.3, 0.4) is 0 Å². The molecule has 2 rings (SSSR count). The average molecular weight is 193 g/mol. The van der Waals surface area contributed by atoms with Crippen molar-refractivity contribution in [1.29, 1.82) is 0 Å². The average Bonchev–Trinajstić information content (AvgIpc) is 2.61. The summed E-state index contributed by atoms with van der Waals surface area (Å²) < 4.78 is 2.08. The first kappa shape index (κ1) is 9.27. The first-order valence-electron chi connectivity index (χ1n) is 5.00. The van der Waals surface area contributed by atoms with Crippen LogP contribution in [0.25, 0.3) is 0 Å². The Labute approximate surface area is 83.3 Å². The molecule has 4 nitrogen and oxygen atoms in total. The minimum atomic E-state index is 0.0284. The van der Waals surface area contributed by atoms with E-state index in [9.17, 15) is 4.79 Å². The van der Waals surface area contributed by atoms with Gasteiger partial charge in [-0.05, 0) is 19.1 Å². The van der Waals surface area contributed by atoms with E-state index in [1.807, 2.05) is 19.1 Å². The van der Waals surface area contributed by atoms with Crippen LogP contribution in [-0.4, -0.2) is 23.6 Å². The number of rotatable bonds is 2. The lowest BCUT2D eigenvalue weighted by atomic mass is 10.3. The molecule has 0 bridgehead atoms. The van der Waals surface area contributed by atoms with Crippen LogP contribution in [0.15, 0.2) is 12.1 Å². The number of hydrogen-bond acceptors (Lipinski definition) is 2. The molecule has 2 N–H and O–H groups in total. The molecule has 0 aliphatic carbocycles. The number of carbonyl (C=O) groups is 1. The second kappa shape index (κ2) is 3.84. The molecule has 0 fully saturated rings. The molecule has 1 aliphatic heterocycles. The van der Waals surface area contributed by atoms with Gasteiger partial charge in [0.1, 0.15) is 5.69 Å². The largest absolute Gasteiger partial charge is 0.351 e. The van der Waals surface area contributed by atoms with E-state index in [4.69, 9.17) is 0 Å². The van der Waals surface area contributed by atoms with Crippen molar-refractivity contribution in [1.82, 2.24) is 15.2 Å². The van der Waals surface area contributed by atoms with Gasteiger partial charge in [-0.2, -0.15) is 0 Å². The molecule has 14 heavy (non-hydrogen) atoms. The lowest BCUT2D eigenvalue weighted by molar-refractivity contribution is 0.0945. The fourth-order valence-electron chi connectivity index (χ4n) is 1.78. The molecule has 0 saturated carbocycles. The highest BCUT2D eigenvalue weighted by Crippen LogP contribution is 2.11. The van der Waals surface area contributed by atoms with Crippen molar-refractivity contribution in [2.75, 3.05) is 13.1 Å². The van der Waals surface area contributed by atoms with Crippen LogP contribution < -0.4 is 10.6 Å². The maximum atomic E-state index is 11.6. The first-order valence-corrected chi connectivity index (χ1v) is 5.00. The molecule has 4 heteroatoms. The van der Waals surface area contributed by atoms with Gasteiger partial charge >= 0.3 is 0 Å². The van der Waals surface area contributed by atoms with Crippen LogP contribution in [0.4, 0.5) is 0 Å². The summed E-state index contributed by atoms with van der Waals surface area (Å²) in [6.07, 6.45) is 0. The minimum Gasteiger partial charge on any atom is -0.351 e. The second-order valence-corrected chi connectivity index (χ2v) is 3.40. The molecular formula is C10H15N3O. The highest BCUT2D eigenvalue weighted by molar-refractivity contribution is 5.92. The van der Waals surface area contributed by atoms with Gasteiger partial charge < -0.3 is 15.2 Å². The summed E-state index contributed by atoms with van der Waals surface area (Å²) in [5.74, 6) is 0.0284. The van der Waals surface area contributed by atoms with Crippen molar-refractivity contribution in [2.45, 2.75) is 20.0 Å². The zero-order valence-corrected chi connectivity index (χ0v) is 8.34. The van der Waals surface area contributed by atoms with Gasteiger partial charge in [0.15, 0.2) is 0 Å². The fraction of sp³-hybridized carbons (Fsp3) is 0.500. The van der Waals surface area contributed by atoms with Crippen LogP contribution >= 0.6 is 0 Å². The van der Waals surface area contributed by atoms with E-state index < -0.39 is 0 Å². The van der Waals surface area contributed by atoms with E-state index in [0.29, 0.717) is 6.54 Å². The van der Waals surface area contributed by atoms with Gasteiger partial charge in [0, 0.05) is 31.9 Å². The van der Waals surface area contributed by atoms with E-state index in [-0.39, 0.29) is 5.91 Å². The summed E-state index contributed by atoms with van der Waals surface area (Å²) in [7, 11) is 0. The van der Waals surface area contributed by atoms with Crippen LogP contribution in [0.2, 0.25) is 0 Å². The lowest BCUT2D eigenvalue weighted by Crippen LogP contribution is -2.32. The third-order valence-electron chi connectivity index (χ3n) is 2.46. The van der Waals surface area contributed by atoms with E-state index in [1.54, 1.807) is 0 Å². The summed E-state index contributed by atoms with van der Waals surface area (Å²) in [5, 5.41) is 6.09. The number of nitrogens with one attached hydrogen (secondary N) is 2. The fourth-order valence-corrected chi connectivity index (χ4v) is 1.78. The van der Waals surface area contributed by atoms with Crippen LogP contribution in [0.5, 0.6) is 0 Å². The summed E-state index contributed by atoms with van der Waals surface area (Å²) >= 11 is 0. The maximum Gasteiger partial charge on any atom is 0.267 e. The Kier molecular flexibility index (Phi) is 2.54. The predicted octanol–water partition coefficient (Wildman–Crippen LogP) is 0.341. The van der Waals surface area contributed by atoms with Crippen molar-refractivity contribution in [3.05, 3.63) is 23.5 Å². The van der Waals surface area contributed by atoms with E-state index in [0.717, 1.165) is 25.3 Å². The Hall–Kier alpha value is -1.29. The predicted molar refractivity (Wildman–Crippen MR) is 54.1 cm³/mol. The molecule has 76 valence electrons. The third kappa shape index (κ3) is 1.53. The minimum absolute atomic E-state index is 0.0284. The smallest absolute Gasteiger partial charge is 0.267 e. The first-order chi connectivity index (χ1) is 6.83. The van der Waals surface area contributed by atoms with Gasteiger partial charge in [-0.25, -0.2) is 0 Å². The van der Waals surface area contributed by atoms with Crippen molar-refractivity contribution in [3.8, 4) is 0 Å². The Morgan fingerprint density at radius 3 is 3.29 bits per heavy atom. The quantitative estimate of drug-likeness (QED) is 0.711. The molecule has 0 aromatic carbocycles. The molecule has 1 amide bonds. The molecule has 1 aliphatic rings. The van der Waals surface area contributed by atoms with Crippen LogP contribution in [0.1, 0.15) is 23.1 Å². The lowest BCUT2D eigenvalue weighted by Gasteiger charge is -2.18. The van der Waals surface area contributed by atoms with Crippen LogP contribution in [0, 0.1) is 0 Å². The summed E-state index contributed by atoms with van der Waals surface area (Å²) in [6, 6.07) is 3.91. The zero-order valence-electron chi connectivity index (χ0n) is 8.34. The maximum absolute atomic E-state index is 11.6. The Morgan fingerprint density at radius 1 is 1.64 bits per heavy atom. The van der Waals surface area contributed by atoms with E-state index >= 15 is 0 Å². The van der Waals surface area contributed by atoms with Crippen molar-refractivity contribution in [3.63, 3.8) is 0 Å². The number of hydrogen-bond donors (Lipinski definition) is 2. The zero-order chi connectivity index (χ0) is 9.97. The van der Waals surface area contributed by atoms with Gasteiger partial charge in [-0.15, -0.1) is 0 Å². The summed E-state index contributed by atoms with van der Waals surface area (Å²) in [4.78, 5) is 11.6. The second-order valence-electron chi connectivity index (χ2n) is 3.40. The van der Waals surface area contributed by atoms with Gasteiger partial charge in [0.05, 0.1) is 0 Å². The topological polar surface area (TPSA) is 46.1 Å². The molecule has 2 heterocycles. The molecule has 0 saturated heterocycles. The standard InChI is InChI=1S/C10H15N3O/c1-2-12-10(14)9-4-3-8-7-11-5-6-13(8)9/h3-4,11H,2,5-7H2,1H3,(H,12,14). The van der Waals surface area contributed by atoms with Crippen molar-refractivity contribution >= 4 is 5.91 Å². The molecule has 0 spiro atoms. The molecule has 0 radical (unpaired) electrons. The van der Waals surface area contributed by atoms with Gasteiger partial charge in [0.2, 0.25) is 0 Å². The van der Waals surface area contributed by atoms with Gasteiger partial charge in [-0.3, -0.25) is 4.79 Å². The SMILES string of the molecule is CCNC(=O)c1ccc2n1CCNC2. The molecule has 1 aromatic heterocycles. The number of nitrogens with zero attached hydrogens (tertiary/aromatic N) is 1. The number of aromatic nitrogens is 1. The Morgan fingerprint density at radius 2 is 2.50 bits per heavy atom. The van der Waals surface area contributed by atoms with Crippen molar-refractivity contribution < 1.29 is 4.79 Å². The van der Waals surface area contributed by atoms with Gasteiger partial charge in [0.25, 0.3) is 5.91 Å².